The molecule has 4 heteroatoms. The lowest BCUT2D eigenvalue weighted by molar-refractivity contribution is -0.151. The number of esters is 1. The molecule has 90 valence electrons. The molecule has 0 aromatic carbocycles. The third-order valence-corrected chi connectivity index (χ3v) is 1.91. The van der Waals surface area contributed by atoms with Gasteiger partial charge in [0, 0.05) is 12.6 Å². The van der Waals surface area contributed by atoms with Crippen molar-refractivity contribution in [1.29, 1.82) is 0 Å². The second-order valence-corrected chi connectivity index (χ2v) is 3.62. The van der Waals surface area contributed by atoms with Crippen molar-refractivity contribution < 1.29 is 14.3 Å². The summed E-state index contributed by atoms with van der Waals surface area (Å²) in [5.74, 6) is -0.171. The number of nitrogens with one attached hydrogen (secondary N) is 1. The molecule has 0 aliphatic heterocycles. The zero-order chi connectivity index (χ0) is 11.7. The number of rotatable bonds is 8. The van der Waals surface area contributed by atoms with Crippen molar-refractivity contribution >= 4 is 5.97 Å². The van der Waals surface area contributed by atoms with E-state index >= 15 is 0 Å². The summed E-state index contributed by atoms with van der Waals surface area (Å²) in [6.07, 6.45) is 0.246. The Morgan fingerprint density at radius 1 is 1.33 bits per heavy atom. The lowest BCUT2D eigenvalue weighted by Crippen LogP contribution is -2.30. The Morgan fingerprint density at radius 2 is 2.00 bits per heavy atom. The Kier molecular flexibility index (Phi) is 8.33. The fourth-order valence-corrected chi connectivity index (χ4v) is 1.26. The molecule has 0 amide bonds. The van der Waals surface area contributed by atoms with Crippen LogP contribution in [0.1, 0.15) is 34.1 Å². The third-order valence-electron chi connectivity index (χ3n) is 1.91. The van der Waals surface area contributed by atoms with Crippen LogP contribution in [0.3, 0.4) is 0 Å². The van der Waals surface area contributed by atoms with E-state index in [4.69, 9.17) is 9.47 Å². The average Bonchev–Trinajstić information content (AvgIpc) is 2.14. The van der Waals surface area contributed by atoms with Crippen LogP contribution < -0.4 is 5.32 Å². The van der Waals surface area contributed by atoms with Crippen LogP contribution in [0.25, 0.3) is 0 Å². The van der Waals surface area contributed by atoms with Crippen LogP contribution in [0.4, 0.5) is 0 Å². The van der Waals surface area contributed by atoms with Gasteiger partial charge in [-0.25, -0.2) is 0 Å². The predicted octanol–water partition coefficient (Wildman–Crippen LogP) is 1.34. The zero-order valence-corrected chi connectivity index (χ0v) is 10.2. The maximum absolute atomic E-state index is 11.4. The Balaban J connectivity index is 3.63. The smallest absolute Gasteiger partial charge is 0.307 e. The molecule has 0 aromatic rings. The lowest BCUT2D eigenvalue weighted by Gasteiger charge is -2.15. The van der Waals surface area contributed by atoms with Gasteiger partial charge in [-0.05, 0) is 27.3 Å². The quantitative estimate of drug-likeness (QED) is 0.623. The summed E-state index contributed by atoms with van der Waals surface area (Å²) in [6.45, 7) is 9.72. The molecule has 4 nitrogen and oxygen atoms in total. The van der Waals surface area contributed by atoms with Crippen LogP contribution >= 0.6 is 0 Å². The number of ether oxygens (including phenoxy) is 2. The zero-order valence-electron chi connectivity index (χ0n) is 10.2. The highest BCUT2D eigenvalue weighted by atomic mass is 16.6. The van der Waals surface area contributed by atoms with E-state index in [1.165, 1.54) is 0 Å². The minimum Gasteiger partial charge on any atom is -0.460 e. The number of carbonyl (C=O) groups is 1. The van der Waals surface area contributed by atoms with Crippen LogP contribution in [0, 0.1) is 0 Å². The molecule has 0 rings (SSSR count). The van der Waals surface area contributed by atoms with Crippen molar-refractivity contribution in [1.82, 2.24) is 5.32 Å². The van der Waals surface area contributed by atoms with E-state index < -0.39 is 0 Å². The molecule has 0 bridgehead atoms. The highest BCUT2D eigenvalue weighted by Gasteiger charge is 2.12. The summed E-state index contributed by atoms with van der Waals surface area (Å²) in [5, 5.41) is 3.16. The van der Waals surface area contributed by atoms with Crippen molar-refractivity contribution in [2.75, 3.05) is 19.8 Å². The van der Waals surface area contributed by atoms with E-state index in [0.717, 1.165) is 6.54 Å². The summed E-state index contributed by atoms with van der Waals surface area (Å²) in [7, 11) is 0. The maximum Gasteiger partial charge on any atom is 0.307 e. The van der Waals surface area contributed by atoms with E-state index in [-0.39, 0.29) is 18.1 Å². The summed E-state index contributed by atoms with van der Waals surface area (Å²) >= 11 is 0. The van der Waals surface area contributed by atoms with Gasteiger partial charge in [0.05, 0.1) is 13.0 Å². The van der Waals surface area contributed by atoms with E-state index in [9.17, 15) is 4.79 Å². The van der Waals surface area contributed by atoms with E-state index in [0.29, 0.717) is 19.6 Å². The molecule has 0 radical (unpaired) electrons. The largest absolute Gasteiger partial charge is 0.460 e. The highest BCUT2D eigenvalue weighted by Crippen LogP contribution is 1.99. The van der Waals surface area contributed by atoms with Gasteiger partial charge in [-0.3, -0.25) is 4.79 Å². The summed E-state index contributed by atoms with van der Waals surface area (Å²) in [4.78, 5) is 11.4. The van der Waals surface area contributed by atoms with Gasteiger partial charge in [0.2, 0.25) is 0 Å². The van der Waals surface area contributed by atoms with Crippen LogP contribution in [-0.4, -0.2) is 37.9 Å². The maximum atomic E-state index is 11.4. The molecular formula is C11H23NO3. The van der Waals surface area contributed by atoms with Gasteiger partial charge in [0.1, 0.15) is 6.10 Å². The second kappa shape index (κ2) is 8.68. The normalized spacial score (nSPS) is 14.7. The third kappa shape index (κ3) is 8.39. The molecule has 0 saturated carbocycles. The number of carbonyl (C=O) groups excluding carboxylic acids is 1. The topological polar surface area (TPSA) is 47.6 Å². The van der Waals surface area contributed by atoms with Crippen molar-refractivity contribution in [2.45, 2.75) is 46.3 Å². The van der Waals surface area contributed by atoms with Crippen molar-refractivity contribution in [2.24, 2.45) is 0 Å². The Bertz CT molecular complexity index is 173. The van der Waals surface area contributed by atoms with Gasteiger partial charge in [0.15, 0.2) is 0 Å². The van der Waals surface area contributed by atoms with Gasteiger partial charge in [-0.15, -0.1) is 0 Å². The molecule has 15 heavy (non-hydrogen) atoms. The highest BCUT2D eigenvalue weighted by molar-refractivity contribution is 5.70. The molecule has 2 unspecified atom stereocenters. The van der Waals surface area contributed by atoms with Gasteiger partial charge < -0.3 is 14.8 Å². The standard InChI is InChI=1S/C11H23NO3/c1-5-12-9(3)7-11(13)15-10(4)8-14-6-2/h9-10,12H,5-8H2,1-4H3. The first kappa shape index (κ1) is 14.4. The lowest BCUT2D eigenvalue weighted by atomic mass is 10.2. The molecule has 0 saturated heterocycles. The summed E-state index contributed by atoms with van der Waals surface area (Å²) in [5.41, 5.74) is 0. The van der Waals surface area contributed by atoms with E-state index in [1.807, 2.05) is 27.7 Å². The summed E-state index contributed by atoms with van der Waals surface area (Å²) < 4.78 is 10.3. The van der Waals surface area contributed by atoms with Crippen molar-refractivity contribution in [3.05, 3.63) is 0 Å². The average molecular weight is 217 g/mol. The molecule has 0 aliphatic carbocycles. The minimum atomic E-state index is -0.171. The first-order valence-electron chi connectivity index (χ1n) is 5.60. The van der Waals surface area contributed by atoms with Gasteiger partial charge >= 0.3 is 5.97 Å². The molecule has 0 fully saturated rings. The first-order chi connectivity index (χ1) is 7.10. The molecular weight excluding hydrogens is 194 g/mol. The van der Waals surface area contributed by atoms with Crippen molar-refractivity contribution in [3.8, 4) is 0 Å². The van der Waals surface area contributed by atoms with E-state index in [2.05, 4.69) is 5.32 Å². The first-order valence-corrected chi connectivity index (χ1v) is 5.60. The van der Waals surface area contributed by atoms with Gasteiger partial charge in [-0.2, -0.15) is 0 Å². The molecule has 2 atom stereocenters. The van der Waals surface area contributed by atoms with Crippen LogP contribution in [-0.2, 0) is 14.3 Å². The fraction of sp³-hybridized carbons (Fsp3) is 0.909. The molecule has 0 heterocycles. The van der Waals surface area contributed by atoms with Crippen LogP contribution in [0.5, 0.6) is 0 Å². The second-order valence-electron chi connectivity index (χ2n) is 3.62. The number of hydrogen-bond donors (Lipinski definition) is 1. The van der Waals surface area contributed by atoms with Crippen LogP contribution in [0.2, 0.25) is 0 Å². The van der Waals surface area contributed by atoms with Gasteiger partial charge in [-0.1, -0.05) is 6.92 Å². The van der Waals surface area contributed by atoms with Crippen LogP contribution in [0.15, 0.2) is 0 Å². The minimum absolute atomic E-state index is 0.161. The number of hydrogen-bond acceptors (Lipinski definition) is 4. The summed E-state index contributed by atoms with van der Waals surface area (Å²) in [6, 6.07) is 0.168. The molecule has 1 N–H and O–H groups in total. The van der Waals surface area contributed by atoms with Crippen molar-refractivity contribution in [3.63, 3.8) is 0 Å². The molecule has 0 aromatic heterocycles. The molecule has 0 spiro atoms. The van der Waals surface area contributed by atoms with Gasteiger partial charge in [0.25, 0.3) is 0 Å². The SMILES string of the molecule is CCNC(C)CC(=O)OC(C)COCC. The monoisotopic (exact) mass is 217 g/mol. The predicted molar refractivity (Wildman–Crippen MR) is 59.8 cm³/mol. The van der Waals surface area contributed by atoms with E-state index in [1.54, 1.807) is 0 Å². The fourth-order valence-electron chi connectivity index (χ4n) is 1.26. The Morgan fingerprint density at radius 3 is 2.53 bits per heavy atom. The Hall–Kier alpha value is -0.610. The Labute approximate surface area is 92.3 Å². The molecule has 0 aliphatic rings.